The summed E-state index contributed by atoms with van der Waals surface area (Å²) >= 11 is 0. The van der Waals surface area contributed by atoms with Crippen LogP contribution in [0.4, 0.5) is 4.79 Å². The van der Waals surface area contributed by atoms with Gasteiger partial charge in [-0.1, -0.05) is 5.16 Å². The molecule has 0 spiro atoms. The first kappa shape index (κ1) is 15.9. The van der Waals surface area contributed by atoms with Gasteiger partial charge in [0.15, 0.2) is 5.82 Å². The minimum atomic E-state index is -0.728. The van der Waals surface area contributed by atoms with Crippen molar-refractivity contribution in [2.24, 2.45) is 0 Å². The highest BCUT2D eigenvalue weighted by Gasteiger charge is 2.21. The van der Waals surface area contributed by atoms with Crippen molar-refractivity contribution in [1.82, 2.24) is 20.8 Å². The first-order valence-electron chi connectivity index (χ1n) is 6.24. The van der Waals surface area contributed by atoms with Gasteiger partial charge in [0.1, 0.15) is 11.6 Å². The van der Waals surface area contributed by atoms with Crippen molar-refractivity contribution in [3.05, 3.63) is 11.7 Å². The molecule has 1 aromatic rings. The SMILES string of the molecule is Cc1noc(CNC(=O)[C@@H](C)NC(=O)OC(C)(C)C)n1. The lowest BCUT2D eigenvalue weighted by atomic mass is 10.2. The van der Waals surface area contributed by atoms with E-state index in [0.717, 1.165) is 0 Å². The van der Waals surface area contributed by atoms with Crippen molar-refractivity contribution in [2.45, 2.75) is 52.8 Å². The second-order valence-electron chi connectivity index (χ2n) is 5.32. The second-order valence-corrected chi connectivity index (χ2v) is 5.32. The van der Waals surface area contributed by atoms with E-state index in [0.29, 0.717) is 11.7 Å². The van der Waals surface area contributed by atoms with E-state index in [9.17, 15) is 9.59 Å². The molecular formula is C12H20N4O4. The Morgan fingerprint density at radius 3 is 2.55 bits per heavy atom. The third-order valence-electron chi connectivity index (χ3n) is 2.11. The smallest absolute Gasteiger partial charge is 0.408 e. The van der Waals surface area contributed by atoms with Crippen LogP contribution >= 0.6 is 0 Å². The summed E-state index contributed by atoms with van der Waals surface area (Å²) in [4.78, 5) is 27.2. The Balaban J connectivity index is 2.37. The number of carbonyl (C=O) groups excluding carboxylic acids is 2. The monoisotopic (exact) mass is 284 g/mol. The molecule has 0 radical (unpaired) electrons. The minimum Gasteiger partial charge on any atom is -0.444 e. The standard InChI is InChI=1S/C12H20N4O4/c1-7(14-11(18)19-12(3,4)5)10(17)13-6-9-15-8(2)16-20-9/h7H,6H2,1-5H3,(H,13,17)(H,14,18)/t7-/m1/s1. The molecule has 112 valence electrons. The summed E-state index contributed by atoms with van der Waals surface area (Å²) in [5.74, 6) is 0.432. The van der Waals surface area contributed by atoms with Crippen molar-refractivity contribution in [1.29, 1.82) is 0 Å². The van der Waals surface area contributed by atoms with E-state index in [1.807, 2.05) is 0 Å². The molecule has 0 bridgehead atoms. The van der Waals surface area contributed by atoms with Gasteiger partial charge in [-0.25, -0.2) is 4.79 Å². The summed E-state index contributed by atoms with van der Waals surface area (Å²) in [6, 6.07) is -0.728. The molecule has 0 fully saturated rings. The average Bonchev–Trinajstić information content (AvgIpc) is 2.69. The number of ether oxygens (including phenoxy) is 1. The fraction of sp³-hybridized carbons (Fsp3) is 0.667. The Morgan fingerprint density at radius 1 is 1.40 bits per heavy atom. The van der Waals surface area contributed by atoms with E-state index < -0.39 is 17.7 Å². The summed E-state index contributed by atoms with van der Waals surface area (Å²) < 4.78 is 9.91. The molecule has 0 aliphatic carbocycles. The van der Waals surface area contributed by atoms with Crippen LogP contribution < -0.4 is 10.6 Å². The summed E-state index contributed by atoms with van der Waals surface area (Å²) in [6.07, 6.45) is -0.645. The van der Waals surface area contributed by atoms with Crippen LogP contribution in [-0.2, 0) is 16.1 Å². The number of carbonyl (C=O) groups is 2. The van der Waals surface area contributed by atoms with Gasteiger partial charge in [-0.15, -0.1) is 0 Å². The lowest BCUT2D eigenvalue weighted by molar-refractivity contribution is -0.123. The van der Waals surface area contributed by atoms with Crippen LogP contribution in [0.3, 0.4) is 0 Å². The van der Waals surface area contributed by atoms with Crippen LogP contribution in [0.2, 0.25) is 0 Å². The number of nitrogens with zero attached hydrogens (tertiary/aromatic N) is 2. The van der Waals surface area contributed by atoms with Crippen LogP contribution in [0.15, 0.2) is 4.52 Å². The number of alkyl carbamates (subject to hydrolysis) is 1. The van der Waals surface area contributed by atoms with E-state index in [4.69, 9.17) is 9.26 Å². The molecule has 2 amide bonds. The predicted molar refractivity (Wildman–Crippen MR) is 69.7 cm³/mol. The van der Waals surface area contributed by atoms with Crippen LogP contribution in [0.1, 0.15) is 39.4 Å². The number of hydrogen-bond donors (Lipinski definition) is 2. The number of aryl methyl sites for hydroxylation is 1. The third-order valence-corrected chi connectivity index (χ3v) is 2.11. The van der Waals surface area contributed by atoms with E-state index in [1.54, 1.807) is 34.6 Å². The van der Waals surface area contributed by atoms with E-state index in [1.165, 1.54) is 0 Å². The first-order valence-corrected chi connectivity index (χ1v) is 6.24. The van der Waals surface area contributed by atoms with E-state index >= 15 is 0 Å². The van der Waals surface area contributed by atoms with Gasteiger partial charge in [0.2, 0.25) is 11.8 Å². The lowest BCUT2D eigenvalue weighted by Gasteiger charge is -2.21. The van der Waals surface area contributed by atoms with Crippen LogP contribution in [0.25, 0.3) is 0 Å². The topological polar surface area (TPSA) is 106 Å². The summed E-state index contributed by atoms with van der Waals surface area (Å²) in [7, 11) is 0. The molecule has 0 aromatic carbocycles. The zero-order valence-corrected chi connectivity index (χ0v) is 12.3. The van der Waals surface area contributed by atoms with Crippen molar-refractivity contribution in [2.75, 3.05) is 0 Å². The quantitative estimate of drug-likeness (QED) is 0.851. The number of aromatic nitrogens is 2. The molecule has 0 aliphatic heterocycles. The molecule has 2 N–H and O–H groups in total. The van der Waals surface area contributed by atoms with Gasteiger partial charge in [-0.3, -0.25) is 4.79 Å². The zero-order chi connectivity index (χ0) is 15.3. The van der Waals surface area contributed by atoms with E-state index in [-0.39, 0.29) is 12.5 Å². The van der Waals surface area contributed by atoms with Gasteiger partial charge < -0.3 is 19.9 Å². The zero-order valence-electron chi connectivity index (χ0n) is 12.3. The normalized spacial score (nSPS) is 12.7. The Labute approximate surface area is 117 Å². The van der Waals surface area contributed by atoms with Gasteiger partial charge in [0.05, 0.1) is 6.54 Å². The average molecular weight is 284 g/mol. The largest absolute Gasteiger partial charge is 0.444 e. The van der Waals surface area contributed by atoms with Gasteiger partial charge in [-0.2, -0.15) is 4.98 Å². The molecule has 1 aromatic heterocycles. The molecule has 0 unspecified atom stereocenters. The number of hydrogen-bond acceptors (Lipinski definition) is 6. The highest BCUT2D eigenvalue weighted by Crippen LogP contribution is 2.06. The van der Waals surface area contributed by atoms with Crippen molar-refractivity contribution in [3.8, 4) is 0 Å². The van der Waals surface area contributed by atoms with E-state index in [2.05, 4.69) is 20.8 Å². The third kappa shape index (κ3) is 5.68. The maximum Gasteiger partial charge on any atom is 0.408 e. The lowest BCUT2D eigenvalue weighted by Crippen LogP contribution is -2.46. The molecule has 1 atom stereocenters. The highest BCUT2D eigenvalue weighted by molar-refractivity contribution is 5.85. The van der Waals surface area contributed by atoms with Gasteiger partial charge in [0, 0.05) is 0 Å². The Bertz CT molecular complexity index is 478. The fourth-order valence-electron chi connectivity index (χ4n) is 1.28. The van der Waals surface area contributed by atoms with Crippen molar-refractivity contribution >= 4 is 12.0 Å². The molecule has 0 saturated carbocycles. The molecule has 1 heterocycles. The number of nitrogens with one attached hydrogen (secondary N) is 2. The second kappa shape index (κ2) is 6.36. The Hall–Kier alpha value is -2.12. The molecular weight excluding hydrogens is 264 g/mol. The van der Waals surface area contributed by atoms with Crippen LogP contribution in [-0.4, -0.2) is 33.8 Å². The summed E-state index contributed by atoms with van der Waals surface area (Å²) in [5, 5.41) is 8.61. The van der Waals surface area contributed by atoms with Crippen molar-refractivity contribution in [3.63, 3.8) is 0 Å². The first-order chi connectivity index (χ1) is 9.17. The molecule has 8 nitrogen and oxygen atoms in total. The van der Waals surface area contributed by atoms with Gasteiger partial charge in [0.25, 0.3) is 0 Å². The van der Waals surface area contributed by atoms with Crippen molar-refractivity contribution < 1.29 is 18.8 Å². The van der Waals surface area contributed by atoms with Gasteiger partial charge >= 0.3 is 6.09 Å². The molecule has 8 heteroatoms. The fourth-order valence-corrected chi connectivity index (χ4v) is 1.28. The predicted octanol–water partition coefficient (Wildman–Crippen LogP) is 0.907. The minimum absolute atomic E-state index is 0.111. The molecule has 20 heavy (non-hydrogen) atoms. The van der Waals surface area contributed by atoms with Crippen LogP contribution in [0.5, 0.6) is 0 Å². The maximum atomic E-state index is 11.8. The Morgan fingerprint density at radius 2 is 2.05 bits per heavy atom. The number of rotatable bonds is 4. The summed E-state index contributed by atoms with van der Waals surface area (Å²) in [5.41, 5.74) is -0.610. The van der Waals surface area contributed by atoms with Crippen LogP contribution in [0, 0.1) is 6.92 Å². The molecule has 0 saturated heterocycles. The maximum absolute atomic E-state index is 11.8. The summed E-state index contributed by atoms with van der Waals surface area (Å²) in [6.45, 7) is 8.58. The molecule has 1 rings (SSSR count). The molecule has 0 aliphatic rings. The highest BCUT2D eigenvalue weighted by atomic mass is 16.6. The Kier molecular flexibility index (Phi) is 5.06. The van der Waals surface area contributed by atoms with Gasteiger partial charge in [-0.05, 0) is 34.6 Å². The number of amides is 2.